The van der Waals surface area contributed by atoms with Crippen molar-refractivity contribution in [1.29, 1.82) is 0 Å². The Hall–Kier alpha value is -3.37. The van der Waals surface area contributed by atoms with Crippen molar-refractivity contribution < 1.29 is 31.7 Å². The number of hydrogen-bond acceptors (Lipinski definition) is 8. The molecule has 1 aromatic heterocycles. The SMILES string of the molecule is O=C(NN=Cc1ccc(S(=O)(=O)[O-])o1)C1COc2cc3ccccc3cc2O1. The highest BCUT2D eigenvalue weighted by molar-refractivity contribution is 7.85. The van der Waals surface area contributed by atoms with Gasteiger partial charge in [0, 0.05) is 0 Å². The number of ether oxygens (including phenoxy) is 2. The van der Waals surface area contributed by atoms with Crippen LogP contribution in [0.2, 0.25) is 0 Å². The van der Waals surface area contributed by atoms with Gasteiger partial charge in [0.1, 0.15) is 12.4 Å². The van der Waals surface area contributed by atoms with Gasteiger partial charge in [-0.15, -0.1) is 0 Å². The topological polar surface area (TPSA) is 130 Å². The molecule has 0 spiro atoms. The molecular weight excluding hydrogens is 388 g/mol. The fourth-order valence-electron chi connectivity index (χ4n) is 2.65. The molecule has 10 heteroatoms. The number of rotatable bonds is 4. The molecule has 9 nitrogen and oxygen atoms in total. The summed E-state index contributed by atoms with van der Waals surface area (Å²) < 4.78 is 48.6. The van der Waals surface area contributed by atoms with Crippen LogP contribution in [0.5, 0.6) is 11.5 Å². The van der Waals surface area contributed by atoms with Crippen molar-refractivity contribution in [3.63, 3.8) is 0 Å². The summed E-state index contributed by atoms with van der Waals surface area (Å²) in [5, 5.41) is 4.88. The van der Waals surface area contributed by atoms with Gasteiger partial charge in [0.15, 0.2) is 21.6 Å². The molecule has 1 unspecified atom stereocenters. The van der Waals surface area contributed by atoms with Crippen LogP contribution in [0.1, 0.15) is 5.76 Å². The van der Waals surface area contributed by atoms with Crippen molar-refractivity contribution in [3.8, 4) is 11.5 Å². The maximum atomic E-state index is 12.2. The first-order valence-electron chi connectivity index (χ1n) is 8.11. The largest absolute Gasteiger partial charge is 0.742 e. The highest BCUT2D eigenvalue weighted by atomic mass is 32.2. The van der Waals surface area contributed by atoms with Crippen LogP contribution in [0.4, 0.5) is 0 Å². The number of nitrogens with zero attached hydrogens (tertiary/aromatic N) is 1. The summed E-state index contributed by atoms with van der Waals surface area (Å²) in [7, 11) is -4.69. The van der Waals surface area contributed by atoms with Crippen LogP contribution >= 0.6 is 0 Å². The highest BCUT2D eigenvalue weighted by Crippen LogP contribution is 2.35. The number of fused-ring (bicyclic) bond motifs is 2. The molecule has 2 heterocycles. The van der Waals surface area contributed by atoms with Crippen LogP contribution in [0, 0.1) is 0 Å². The van der Waals surface area contributed by atoms with E-state index in [9.17, 15) is 17.8 Å². The number of furan rings is 1. The van der Waals surface area contributed by atoms with Crippen molar-refractivity contribution in [1.82, 2.24) is 5.43 Å². The summed E-state index contributed by atoms with van der Waals surface area (Å²) in [5.74, 6) is 0.434. The molecule has 28 heavy (non-hydrogen) atoms. The zero-order chi connectivity index (χ0) is 19.7. The standard InChI is InChI=1S/C18H14N2O7S/c21-18(20-19-9-13-5-6-17(26-13)28(22,23)24)16-10-25-14-7-11-3-1-2-4-12(11)8-15(14)27-16/h1-9,16H,10H2,(H,20,21)(H,22,23,24)/p-1. The van der Waals surface area contributed by atoms with E-state index in [0.717, 1.165) is 23.1 Å². The number of benzene rings is 2. The average Bonchev–Trinajstić information content (AvgIpc) is 3.15. The van der Waals surface area contributed by atoms with E-state index in [4.69, 9.17) is 13.9 Å². The highest BCUT2D eigenvalue weighted by Gasteiger charge is 2.27. The van der Waals surface area contributed by atoms with E-state index in [1.807, 2.05) is 30.3 Å². The van der Waals surface area contributed by atoms with Gasteiger partial charge in [0.05, 0.1) is 6.21 Å². The average molecular weight is 401 g/mol. The van der Waals surface area contributed by atoms with Gasteiger partial charge in [-0.2, -0.15) is 5.10 Å². The van der Waals surface area contributed by atoms with Crippen molar-refractivity contribution in [2.75, 3.05) is 6.61 Å². The number of hydrazone groups is 1. The lowest BCUT2D eigenvalue weighted by Crippen LogP contribution is -2.42. The predicted molar refractivity (Wildman–Crippen MR) is 96.3 cm³/mol. The zero-order valence-electron chi connectivity index (χ0n) is 14.2. The summed E-state index contributed by atoms with van der Waals surface area (Å²) in [6, 6.07) is 13.6. The van der Waals surface area contributed by atoms with E-state index in [2.05, 4.69) is 10.5 Å². The van der Waals surface area contributed by atoms with Gasteiger partial charge in [-0.05, 0) is 35.0 Å². The normalized spacial score (nSPS) is 16.4. The van der Waals surface area contributed by atoms with E-state index in [0.29, 0.717) is 11.5 Å². The summed E-state index contributed by atoms with van der Waals surface area (Å²) in [6.45, 7) is 0.00597. The third-order valence-electron chi connectivity index (χ3n) is 3.98. The molecule has 1 atom stereocenters. The second-order valence-electron chi connectivity index (χ2n) is 5.91. The molecule has 144 valence electrons. The first-order chi connectivity index (χ1) is 13.4. The third kappa shape index (κ3) is 3.68. The maximum absolute atomic E-state index is 12.2. The monoisotopic (exact) mass is 401 g/mol. The Morgan fingerprint density at radius 2 is 1.86 bits per heavy atom. The van der Waals surface area contributed by atoms with Gasteiger partial charge in [0.25, 0.3) is 5.91 Å². The van der Waals surface area contributed by atoms with E-state index in [1.165, 1.54) is 6.07 Å². The minimum absolute atomic E-state index is 0.00597. The second-order valence-corrected chi connectivity index (χ2v) is 7.22. The van der Waals surface area contributed by atoms with Crippen LogP contribution in [0.15, 0.2) is 63.1 Å². The first-order valence-corrected chi connectivity index (χ1v) is 9.52. The molecule has 0 aliphatic carbocycles. The molecule has 1 aliphatic rings. The number of amides is 1. The quantitative estimate of drug-likeness (QED) is 0.399. The van der Waals surface area contributed by atoms with Crippen LogP contribution in [-0.4, -0.2) is 37.8 Å². The van der Waals surface area contributed by atoms with Gasteiger partial charge in [-0.25, -0.2) is 13.8 Å². The van der Waals surface area contributed by atoms with Crippen LogP contribution in [0.3, 0.4) is 0 Å². The minimum atomic E-state index is -4.69. The number of hydrogen-bond donors (Lipinski definition) is 1. The molecule has 0 bridgehead atoms. The fraction of sp³-hybridized carbons (Fsp3) is 0.111. The molecule has 0 radical (unpaired) electrons. The molecule has 0 saturated heterocycles. The van der Waals surface area contributed by atoms with Gasteiger partial charge in [0.2, 0.25) is 11.2 Å². The molecule has 1 amide bonds. The van der Waals surface area contributed by atoms with E-state index in [1.54, 1.807) is 6.07 Å². The van der Waals surface area contributed by atoms with E-state index >= 15 is 0 Å². The van der Waals surface area contributed by atoms with Gasteiger partial charge < -0.3 is 18.4 Å². The Morgan fingerprint density at radius 3 is 2.54 bits per heavy atom. The summed E-state index contributed by atoms with van der Waals surface area (Å²) in [4.78, 5) is 12.2. The molecule has 1 aliphatic heterocycles. The van der Waals surface area contributed by atoms with Gasteiger partial charge in [-0.1, -0.05) is 24.3 Å². The molecule has 0 saturated carbocycles. The number of carbonyl (C=O) groups is 1. The van der Waals surface area contributed by atoms with Crippen molar-refractivity contribution in [2.45, 2.75) is 11.2 Å². The van der Waals surface area contributed by atoms with Crippen molar-refractivity contribution >= 4 is 33.0 Å². The Labute approximate surface area is 159 Å². The predicted octanol–water partition coefficient (Wildman–Crippen LogP) is 1.63. The summed E-state index contributed by atoms with van der Waals surface area (Å²) in [6.07, 6.45) is 0.151. The Bertz CT molecular complexity index is 1180. The first kappa shape index (κ1) is 18.0. The zero-order valence-corrected chi connectivity index (χ0v) is 15.0. The number of nitrogens with one attached hydrogen (secondary N) is 1. The molecule has 0 fully saturated rings. The molecule has 3 aromatic rings. The van der Waals surface area contributed by atoms with Crippen LogP contribution in [-0.2, 0) is 14.9 Å². The lowest BCUT2D eigenvalue weighted by atomic mass is 10.1. The van der Waals surface area contributed by atoms with Crippen LogP contribution < -0.4 is 14.9 Å². The Morgan fingerprint density at radius 1 is 1.14 bits per heavy atom. The molecule has 4 rings (SSSR count). The molecule has 2 aromatic carbocycles. The third-order valence-corrected chi connectivity index (χ3v) is 4.69. The smallest absolute Gasteiger partial charge is 0.284 e. The fourth-order valence-corrected chi connectivity index (χ4v) is 3.09. The van der Waals surface area contributed by atoms with Crippen molar-refractivity contribution in [2.24, 2.45) is 5.10 Å². The maximum Gasteiger partial charge on any atom is 0.284 e. The van der Waals surface area contributed by atoms with Crippen molar-refractivity contribution in [3.05, 3.63) is 54.3 Å². The van der Waals surface area contributed by atoms with Gasteiger partial charge >= 0.3 is 0 Å². The van der Waals surface area contributed by atoms with Crippen LogP contribution in [0.25, 0.3) is 10.8 Å². The summed E-state index contributed by atoms with van der Waals surface area (Å²) in [5.41, 5.74) is 2.25. The lowest BCUT2D eigenvalue weighted by molar-refractivity contribution is -0.130. The lowest BCUT2D eigenvalue weighted by Gasteiger charge is -2.25. The van der Waals surface area contributed by atoms with E-state index in [-0.39, 0.29) is 12.4 Å². The summed E-state index contributed by atoms with van der Waals surface area (Å²) >= 11 is 0. The second kappa shape index (κ2) is 6.98. The number of carbonyl (C=O) groups excluding carboxylic acids is 1. The van der Waals surface area contributed by atoms with Gasteiger partial charge in [-0.3, -0.25) is 4.79 Å². The van der Waals surface area contributed by atoms with E-state index < -0.39 is 27.2 Å². The Kier molecular flexibility index (Phi) is 4.49. The Balaban J connectivity index is 1.42. The molecule has 1 N–H and O–H groups in total. The minimum Gasteiger partial charge on any atom is -0.742 e. The molecular formula is C18H13N2O7S-.